The van der Waals surface area contributed by atoms with Crippen LogP contribution in [0.5, 0.6) is 0 Å². The summed E-state index contributed by atoms with van der Waals surface area (Å²) in [6, 6.07) is 10.6. The first-order chi connectivity index (χ1) is 15.3. The molecule has 2 amide bonds. The molecular weight excluding hydrogens is 443 g/mol. The molecule has 0 unspecified atom stereocenters. The predicted octanol–water partition coefficient (Wildman–Crippen LogP) is 4.62. The summed E-state index contributed by atoms with van der Waals surface area (Å²) in [5, 5.41) is 10.7. The lowest BCUT2D eigenvalue weighted by molar-refractivity contribution is -0.114. The van der Waals surface area contributed by atoms with Crippen LogP contribution in [0.1, 0.15) is 17.5 Å². The second-order valence-electron chi connectivity index (χ2n) is 6.58. The van der Waals surface area contributed by atoms with Gasteiger partial charge in [0.15, 0.2) is 17.5 Å². The van der Waals surface area contributed by atoms with E-state index >= 15 is 0 Å². The Balaban J connectivity index is 1.73. The number of hydrogen-bond donors (Lipinski definition) is 2. The number of carbonyl (C=O) groups excluding carboxylic acids is 2. The van der Waals surface area contributed by atoms with Gasteiger partial charge in [-0.05, 0) is 29.6 Å². The van der Waals surface area contributed by atoms with Crippen LogP contribution in [0.4, 0.5) is 24.5 Å². The Bertz CT molecular complexity index is 1320. The molecule has 0 saturated heterocycles. The topological polar surface area (TPSA) is 88.9 Å². The van der Waals surface area contributed by atoms with Gasteiger partial charge in [-0.25, -0.2) is 22.8 Å². The third-order valence-electron chi connectivity index (χ3n) is 4.22. The van der Waals surface area contributed by atoms with E-state index in [2.05, 4.69) is 20.7 Å². The molecule has 7 nitrogen and oxygen atoms in total. The van der Waals surface area contributed by atoms with E-state index in [1.54, 1.807) is 23.6 Å². The number of halogens is 3. The third-order valence-corrected chi connectivity index (χ3v) is 5.09. The minimum absolute atomic E-state index is 0.132. The van der Waals surface area contributed by atoms with Crippen molar-refractivity contribution in [2.24, 2.45) is 0 Å². The van der Waals surface area contributed by atoms with Gasteiger partial charge >= 0.3 is 0 Å². The quantitative estimate of drug-likeness (QED) is 0.458. The Morgan fingerprint density at radius 2 is 1.69 bits per heavy atom. The zero-order valence-electron chi connectivity index (χ0n) is 16.4. The Kier molecular flexibility index (Phi) is 5.73. The monoisotopic (exact) mass is 457 g/mol. The van der Waals surface area contributed by atoms with Crippen molar-refractivity contribution in [3.63, 3.8) is 0 Å². The molecule has 0 saturated carbocycles. The average molecular weight is 457 g/mol. The van der Waals surface area contributed by atoms with E-state index in [1.807, 2.05) is 0 Å². The van der Waals surface area contributed by atoms with Crippen molar-refractivity contribution in [1.82, 2.24) is 14.8 Å². The fraction of sp³-hybridized carbons (Fsp3) is 0.0476. The molecule has 0 spiro atoms. The van der Waals surface area contributed by atoms with Crippen molar-refractivity contribution in [3.05, 3.63) is 77.2 Å². The van der Waals surface area contributed by atoms with Crippen LogP contribution < -0.4 is 10.6 Å². The smallest absolute Gasteiger partial charge is 0.295 e. The zero-order valence-corrected chi connectivity index (χ0v) is 17.2. The SMILES string of the molecule is CC(=O)Nc1cc(F)c(F)cc1NC(=O)c1nc(-c2cccs2)n(-c2cccc(F)c2)n1. The summed E-state index contributed by atoms with van der Waals surface area (Å²) in [7, 11) is 0. The number of nitrogens with zero attached hydrogens (tertiary/aromatic N) is 3. The van der Waals surface area contributed by atoms with Gasteiger partial charge in [0.1, 0.15) is 5.82 Å². The van der Waals surface area contributed by atoms with Crippen LogP contribution in [0.15, 0.2) is 53.9 Å². The Labute approximate surface area is 183 Å². The molecule has 0 bridgehead atoms. The molecule has 32 heavy (non-hydrogen) atoms. The number of amides is 2. The fourth-order valence-electron chi connectivity index (χ4n) is 2.88. The second-order valence-corrected chi connectivity index (χ2v) is 7.52. The summed E-state index contributed by atoms with van der Waals surface area (Å²) in [4.78, 5) is 29.1. The van der Waals surface area contributed by atoms with Crippen LogP contribution in [0, 0.1) is 17.5 Å². The lowest BCUT2D eigenvalue weighted by Crippen LogP contribution is -2.17. The number of carbonyl (C=O) groups is 2. The predicted molar refractivity (Wildman–Crippen MR) is 113 cm³/mol. The highest BCUT2D eigenvalue weighted by Crippen LogP contribution is 2.28. The van der Waals surface area contributed by atoms with Crippen molar-refractivity contribution in [3.8, 4) is 16.4 Å². The summed E-state index contributed by atoms with van der Waals surface area (Å²) < 4.78 is 42.4. The number of aromatic nitrogens is 3. The third kappa shape index (κ3) is 4.37. The molecule has 0 fully saturated rings. The number of hydrogen-bond acceptors (Lipinski definition) is 5. The van der Waals surface area contributed by atoms with Gasteiger partial charge in [0.2, 0.25) is 11.7 Å². The van der Waals surface area contributed by atoms with E-state index < -0.39 is 29.3 Å². The van der Waals surface area contributed by atoms with Crippen molar-refractivity contribution >= 4 is 34.5 Å². The molecule has 11 heteroatoms. The van der Waals surface area contributed by atoms with Crippen molar-refractivity contribution in [2.45, 2.75) is 6.92 Å². The van der Waals surface area contributed by atoms with Crippen molar-refractivity contribution in [2.75, 3.05) is 10.6 Å². The first kappa shape index (κ1) is 21.2. The molecule has 2 heterocycles. The van der Waals surface area contributed by atoms with Gasteiger partial charge in [-0.15, -0.1) is 16.4 Å². The lowest BCUT2D eigenvalue weighted by Gasteiger charge is -2.11. The molecule has 2 N–H and O–H groups in total. The second kappa shape index (κ2) is 8.63. The summed E-state index contributed by atoms with van der Waals surface area (Å²) in [6.45, 7) is 1.18. The van der Waals surface area contributed by atoms with Crippen LogP contribution in [0.25, 0.3) is 16.4 Å². The zero-order chi connectivity index (χ0) is 22.8. The number of nitrogens with one attached hydrogen (secondary N) is 2. The van der Waals surface area contributed by atoms with Crippen LogP contribution in [-0.4, -0.2) is 26.6 Å². The summed E-state index contributed by atoms with van der Waals surface area (Å²) in [5.41, 5.74) is 0.0309. The van der Waals surface area contributed by atoms with Crippen LogP contribution >= 0.6 is 11.3 Å². The Morgan fingerprint density at radius 3 is 2.31 bits per heavy atom. The first-order valence-electron chi connectivity index (χ1n) is 9.16. The van der Waals surface area contributed by atoms with Gasteiger partial charge < -0.3 is 10.6 Å². The molecule has 4 rings (SSSR count). The Hall–Kier alpha value is -3.99. The van der Waals surface area contributed by atoms with Gasteiger partial charge in [-0.2, -0.15) is 0 Å². The van der Waals surface area contributed by atoms with E-state index in [9.17, 15) is 22.8 Å². The largest absolute Gasteiger partial charge is 0.324 e. The summed E-state index contributed by atoms with van der Waals surface area (Å²) in [5.74, 6) is -4.29. The minimum Gasteiger partial charge on any atom is -0.324 e. The van der Waals surface area contributed by atoms with E-state index in [0.717, 1.165) is 12.1 Å². The summed E-state index contributed by atoms with van der Waals surface area (Å²) >= 11 is 1.34. The van der Waals surface area contributed by atoms with Crippen LogP contribution in [0.3, 0.4) is 0 Å². The summed E-state index contributed by atoms with van der Waals surface area (Å²) in [6.07, 6.45) is 0. The van der Waals surface area contributed by atoms with Gasteiger partial charge in [-0.3, -0.25) is 9.59 Å². The van der Waals surface area contributed by atoms with Crippen molar-refractivity contribution in [1.29, 1.82) is 0 Å². The molecule has 2 aromatic carbocycles. The number of benzene rings is 2. The first-order valence-corrected chi connectivity index (χ1v) is 10.0. The fourth-order valence-corrected chi connectivity index (χ4v) is 3.58. The molecule has 0 atom stereocenters. The number of anilines is 2. The molecule has 4 aromatic rings. The molecule has 0 aliphatic heterocycles. The van der Waals surface area contributed by atoms with E-state index in [4.69, 9.17) is 0 Å². The van der Waals surface area contributed by atoms with E-state index in [1.165, 1.54) is 41.1 Å². The average Bonchev–Trinajstić information content (AvgIpc) is 3.41. The Morgan fingerprint density at radius 1 is 0.969 bits per heavy atom. The van der Waals surface area contributed by atoms with Gasteiger partial charge in [0.05, 0.1) is 21.9 Å². The molecule has 0 aliphatic carbocycles. The normalized spacial score (nSPS) is 10.8. The highest BCUT2D eigenvalue weighted by atomic mass is 32.1. The van der Waals surface area contributed by atoms with Gasteiger partial charge in [0, 0.05) is 19.1 Å². The highest BCUT2D eigenvalue weighted by molar-refractivity contribution is 7.13. The minimum atomic E-state index is -1.22. The van der Waals surface area contributed by atoms with E-state index in [-0.39, 0.29) is 17.2 Å². The maximum absolute atomic E-state index is 13.8. The molecule has 0 aliphatic rings. The van der Waals surface area contributed by atoms with Gasteiger partial charge in [0.25, 0.3) is 5.91 Å². The number of rotatable bonds is 5. The highest BCUT2D eigenvalue weighted by Gasteiger charge is 2.21. The van der Waals surface area contributed by atoms with E-state index in [0.29, 0.717) is 16.4 Å². The number of thiophene rings is 1. The molecule has 162 valence electrons. The lowest BCUT2D eigenvalue weighted by atomic mass is 10.2. The van der Waals surface area contributed by atoms with Crippen LogP contribution in [-0.2, 0) is 4.79 Å². The maximum Gasteiger partial charge on any atom is 0.295 e. The van der Waals surface area contributed by atoms with Crippen LogP contribution in [0.2, 0.25) is 0 Å². The molecule has 0 radical (unpaired) electrons. The van der Waals surface area contributed by atoms with Gasteiger partial charge in [-0.1, -0.05) is 12.1 Å². The molecular formula is C21H14F3N5O2S. The molecule has 2 aromatic heterocycles. The standard InChI is InChI=1S/C21H14F3N5O2S/c1-11(30)25-16-9-14(23)15(24)10-17(16)26-21(31)19-27-20(18-6-3-7-32-18)29(28-19)13-5-2-4-12(22)8-13/h2-10H,1H3,(H,25,30)(H,26,31). The van der Waals surface area contributed by atoms with Crippen molar-refractivity contribution < 1.29 is 22.8 Å². The maximum atomic E-state index is 13.8.